The lowest BCUT2D eigenvalue weighted by Crippen LogP contribution is -2.47. The fraction of sp³-hybridized carbons (Fsp3) is 0.833. The van der Waals surface area contributed by atoms with Crippen molar-refractivity contribution in [1.29, 1.82) is 0 Å². The van der Waals surface area contributed by atoms with Gasteiger partial charge in [0.1, 0.15) is 0 Å². The smallest absolute Gasteiger partial charge is 0.303 e. The molecule has 2 N–H and O–H groups in total. The molecule has 0 aromatic heterocycles. The van der Waals surface area contributed by atoms with E-state index >= 15 is 0 Å². The van der Waals surface area contributed by atoms with E-state index in [4.69, 9.17) is 5.11 Å². The average molecular weight is 242 g/mol. The van der Waals surface area contributed by atoms with Crippen molar-refractivity contribution in [2.24, 2.45) is 0 Å². The number of piperidine rings is 1. The topological polar surface area (TPSA) is 69.6 Å². The molecular formula is C12H22N2O3. The van der Waals surface area contributed by atoms with Crippen LogP contribution >= 0.6 is 0 Å². The third-order valence-corrected chi connectivity index (χ3v) is 3.11. The highest BCUT2D eigenvalue weighted by Gasteiger charge is 2.19. The van der Waals surface area contributed by atoms with Crippen LogP contribution in [0.4, 0.5) is 0 Å². The quantitative estimate of drug-likeness (QED) is 0.724. The normalized spacial score (nSPS) is 21.1. The minimum absolute atomic E-state index is 0.0193. The molecule has 1 rings (SSSR count). The van der Waals surface area contributed by atoms with Crippen molar-refractivity contribution < 1.29 is 14.7 Å². The zero-order valence-electron chi connectivity index (χ0n) is 10.4. The van der Waals surface area contributed by atoms with Crippen LogP contribution in [0.2, 0.25) is 0 Å². The van der Waals surface area contributed by atoms with Gasteiger partial charge in [0.25, 0.3) is 0 Å². The van der Waals surface area contributed by atoms with Gasteiger partial charge in [-0.2, -0.15) is 0 Å². The van der Waals surface area contributed by atoms with E-state index in [9.17, 15) is 9.59 Å². The third-order valence-electron chi connectivity index (χ3n) is 3.11. The van der Waals surface area contributed by atoms with E-state index in [-0.39, 0.29) is 18.4 Å². The maximum atomic E-state index is 11.6. The van der Waals surface area contributed by atoms with Crippen LogP contribution in [-0.2, 0) is 9.59 Å². The molecule has 1 saturated heterocycles. The van der Waals surface area contributed by atoms with E-state index in [0.29, 0.717) is 12.8 Å². The first kappa shape index (κ1) is 14.0. The van der Waals surface area contributed by atoms with Gasteiger partial charge in [-0.3, -0.25) is 9.59 Å². The number of carboxylic acids is 1. The second-order valence-electron chi connectivity index (χ2n) is 4.55. The number of carbonyl (C=O) groups excluding carboxylic acids is 1. The average Bonchev–Trinajstić information content (AvgIpc) is 2.28. The van der Waals surface area contributed by atoms with Gasteiger partial charge >= 0.3 is 5.97 Å². The van der Waals surface area contributed by atoms with Crippen molar-refractivity contribution in [3.63, 3.8) is 0 Å². The first-order valence-electron chi connectivity index (χ1n) is 6.35. The third kappa shape index (κ3) is 5.68. The van der Waals surface area contributed by atoms with Crippen molar-refractivity contribution in [3.8, 4) is 0 Å². The van der Waals surface area contributed by atoms with Crippen molar-refractivity contribution in [2.45, 2.75) is 45.1 Å². The molecule has 1 heterocycles. The number of hydrogen-bond acceptors (Lipinski definition) is 3. The lowest BCUT2D eigenvalue weighted by atomic mass is 10.1. The fourth-order valence-electron chi connectivity index (χ4n) is 2.16. The Kier molecular flexibility index (Phi) is 5.97. The summed E-state index contributed by atoms with van der Waals surface area (Å²) in [5.41, 5.74) is 0. The van der Waals surface area contributed by atoms with Crippen LogP contribution in [0, 0.1) is 0 Å². The minimum Gasteiger partial charge on any atom is -0.481 e. The molecule has 1 amide bonds. The van der Waals surface area contributed by atoms with Crippen molar-refractivity contribution >= 4 is 11.9 Å². The van der Waals surface area contributed by atoms with Crippen LogP contribution in [-0.4, -0.2) is 47.6 Å². The Morgan fingerprint density at radius 1 is 1.41 bits per heavy atom. The Bertz CT molecular complexity index is 268. The second-order valence-corrected chi connectivity index (χ2v) is 4.55. The molecule has 0 aromatic carbocycles. The molecule has 0 spiro atoms. The molecular weight excluding hydrogens is 220 g/mol. The number of hydrogen-bond donors (Lipinski definition) is 2. The van der Waals surface area contributed by atoms with Gasteiger partial charge in [-0.15, -0.1) is 0 Å². The largest absolute Gasteiger partial charge is 0.481 e. The van der Waals surface area contributed by atoms with Crippen molar-refractivity contribution in [2.75, 3.05) is 19.6 Å². The summed E-state index contributed by atoms with van der Waals surface area (Å²) in [5.74, 6) is -0.859. The summed E-state index contributed by atoms with van der Waals surface area (Å²) >= 11 is 0. The van der Waals surface area contributed by atoms with Gasteiger partial charge in [-0.1, -0.05) is 6.92 Å². The summed E-state index contributed by atoms with van der Waals surface area (Å²) in [5, 5.41) is 11.5. The van der Waals surface area contributed by atoms with E-state index < -0.39 is 5.97 Å². The molecule has 0 radical (unpaired) electrons. The van der Waals surface area contributed by atoms with E-state index in [1.807, 2.05) is 0 Å². The number of likely N-dealkylation sites (N-methyl/N-ethyl adjacent to an activating group) is 1. The highest BCUT2D eigenvalue weighted by Crippen LogP contribution is 2.09. The molecule has 1 atom stereocenters. The SMILES string of the molecule is CCN1CCCC(NC(=O)CCCC(=O)O)C1. The highest BCUT2D eigenvalue weighted by atomic mass is 16.4. The highest BCUT2D eigenvalue weighted by molar-refractivity contribution is 5.77. The number of carbonyl (C=O) groups is 2. The molecule has 17 heavy (non-hydrogen) atoms. The van der Waals surface area contributed by atoms with Crippen molar-refractivity contribution in [1.82, 2.24) is 10.2 Å². The molecule has 1 fully saturated rings. The summed E-state index contributed by atoms with van der Waals surface area (Å²) in [6.45, 7) is 5.17. The van der Waals surface area contributed by atoms with E-state index in [2.05, 4.69) is 17.1 Å². The lowest BCUT2D eigenvalue weighted by molar-refractivity contribution is -0.137. The molecule has 0 bridgehead atoms. The predicted molar refractivity (Wildman–Crippen MR) is 64.8 cm³/mol. The zero-order chi connectivity index (χ0) is 12.7. The van der Waals surface area contributed by atoms with Crippen LogP contribution in [0.25, 0.3) is 0 Å². The molecule has 1 unspecified atom stereocenters. The van der Waals surface area contributed by atoms with Gasteiger partial charge in [0, 0.05) is 25.4 Å². The molecule has 1 aliphatic rings. The summed E-state index contributed by atoms with van der Waals surface area (Å²) in [7, 11) is 0. The van der Waals surface area contributed by atoms with Crippen LogP contribution in [0.1, 0.15) is 39.0 Å². The monoisotopic (exact) mass is 242 g/mol. The van der Waals surface area contributed by atoms with E-state index in [1.54, 1.807) is 0 Å². The Hall–Kier alpha value is -1.10. The van der Waals surface area contributed by atoms with Crippen LogP contribution < -0.4 is 5.32 Å². The second kappa shape index (κ2) is 7.27. The summed E-state index contributed by atoms with van der Waals surface area (Å²) in [6.07, 6.45) is 2.95. The summed E-state index contributed by atoms with van der Waals surface area (Å²) < 4.78 is 0. The Balaban J connectivity index is 2.19. The van der Waals surface area contributed by atoms with Gasteiger partial charge in [0.2, 0.25) is 5.91 Å². The molecule has 5 nitrogen and oxygen atoms in total. The van der Waals surface area contributed by atoms with Gasteiger partial charge in [0.15, 0.2) is 0 Å². The van der Waals surface area contributed by atoms with Gasteiger partial charge in [0.05, 0.1) is 0 Å². The minimum atomic E-state index is -0.840. The van der Waals surface area contributed by atoms with E-state index in [1.165, 1.54) is 0 Å². The molecule has 98 valence electrons. The van der Waals surface area contributed by atoms with Crippen LogP contribution in [0.5, 0.6) is 0 Å². The molecule has 5 heteroatoms. The molecule has 1 aliphatic heterocycles. The predicted octanol–water partition coefficient (Wildman–Crippen LogP) is 0.842. The Morgan fingerprint density at radius 3 is 2.82 bits per heavy atom. The zero-order valence-corrected chi connectivity index (χ0v) is 10.4. The summed E-state index contributed by atoms with van der Waals surface area (Å²) in [6, 6.07) is 0.237. The first-order chi connectivity index (χ1) is 8.11. The number of aliphatic carboxylic acids is 1. The van der Waals surface area contributed by atoms with Gasteiger partial charge in [-0.05, 0) is 32.4 Å². The van der Waals surface area contributed by atoms with Gasteiger partial charge in [-0.25, -0.2) is 0 Å². The maximum Gasteiger partial charge on any atom is 0.303 e. The summed E-state index contributed by atoms with van der Waals surface area (Å²) in [4.78, 5) is 24.2. The number of likely N-dealkylation sites (tertiary alicyclic amines) is 1. The standard InChI is InChI=1S/C12H22N2O3/c1-2-14-8-4-5-10(9-14)13-11(15)6-3-7-12(16)17/h10H,2-9H2,1H3,(H,13,15)(H,16,17). The molecule has 0 aromatic rings. The first-order valence-corrected chi connectivity index (χ1v) is 6.35. The number of rotatable bonds is 6. The van der Waals surface area contributed by atoms with Crippen LogP contribution in [0.15, 0.2) is 0 Å². The fourth-order valence-corrected chi connectivity index (χ4v) is 2.16. The number of nitrogens with one attached hydrogen (secondary N) is 1. The van der Waals surface area contributed by atoms with Gasteiger partial charge < -0.3 is 15.3 Å². The number of carboxylic acid groups (broad SMARTS) is 1. The molecule has 0 saturated carbocycles. The van der Waals surface area contributed by atoms with Crippen molar-refractivity contribution in [3.05, 3.63) is 0 Å². The number of nitrogens with zero attached hydrogens (tertiary/aromatic N) is 1. The lowest BCUT2D eigenvalue weighted by Gasteiger charge is -2.32. The van der Waals surface area contributed by atoms with E-state index in [0.717, 1.165) is 32.5 Å². The Labute approximate surface area is 102 Å². The maximum absolute atomic E-state index is 11.6. The molecule has 0 aliphatic carbocycles. The Morgan fingerprint density at radius 2 is 2.18 bits per heavy atom. The number of amides is 1. The van der Waals surface area contributed by atoms with Crippen LogP contribution in [0.3, 0.4) is 0 Å².